The van der Waals surface area contributed by atoms with E-state index in [2.05, 4.69) is 26.1 Å². The Bertz CT molecular complexity index is 818. The van der Waals surface area contributed by atoms with Gasteiger partial charge in [0.25, 0.3) is 5.91 Å². The molecular formula is C19H19BrClN3O2. The van der Waals surface area contributed by atoms with Crippen molar-refractivity contribution in [3.05, 3.63) is 57.5 Å². The number of amides is 2. The van der Waals surface area contributed by atoms with Gasteiger partial charge in [-0.15, -0.1) is 0 Å². The number of piperazine rings is 1. The van der Waals surface area contributed by atoms with Crippen LogP contribution in [0.5, 0.6) is 0 Å². The van der Waals surface area contributed by atoms with E-state index in [1.54, 1.807) is 25.1 Å². The van der Waals surface area contributed by atoms with E-state index in [1.807, 2.05) is 29.2 Å². The summed E-state index contributed by atoms with van der Waals surface area (Å²) in [5.74, 6) is -0.131. The Morgan fingerprint density at radius 1 is 1.04 bits per heavy atom. The van der Waals surface area contributed by atoms with Crippen molar-refractivity contribution in [1.82, 2.24) is 4.90 Å². The van der Waals surface area contributed by atoms with E-state index < -0.39 is 0 Å². The van der Waals surface area contributed by atoms with Crippen LogP contribution in [-0.4, -0.2) is 42.9 Å². The third-order valence-corrected chi connectivity index (χ3v) is 5.21. The standard InChI is InChI=1S/C19H19BrClN3O2/c1-13(25)23-8-10-24(11-9-23)16-5-3-15(4-6-16)22-19(26)17-12-14(20)2-7-18(17)21/h2-7,12H,8-11H2,1H3,(H,22,26). The molecule has 0 bridgehead atoms. The molecule has 0 radical (unpaired) electrons. The largest absolute Gasteiger partial charge is 0.368 e. The lowest BCUT2D eigenvalue weighted by Gasteiger charge is -2.35. The molecule has 1 aliphatic rings. The first-order chi connectivity index (χ1) is 12.4. The second kappa shape index (κ2) is 8.10. The fourth-order valence-electron chi connectivity index (χ4n) is 2.91. The van der Waals surface area contributed by atoms with Crippen LogP contribution in [0.25, 0.3) is 0 Å². The predicted molar refractivity (Wildman–Crippen MR) is 108 cm³/mol. The number of nitrogens with zero attached hydrogens (tertiary/aromatic N) is 2. The summed E-state index contributed by atoms with van der Waals surface area (Å²) in [6, 6.07) is 12.9. The molecule has 0 aromatic heterocycles. The summed E-state index contributed by atoms with van der Waals surface area (Å²) in [6.45, 7) is 4.67. The zero-order chi connectivity index (χ0) is 18.7. The molecule has 0 spiro atoms. The van der Waals surface area contributed by atoms with Gasteiger partial charge in [-0.1, -0.05) is 27.5 Å². The zero-order valence-electron chi connectivity index (χ0n) is 14.3. The Labute approximate surface area is 166 Å². The average molecular weight is 437 g/mol. The first-order valence-corrected chi connectivity index (χ1v) is 9.48. The van der Waals surface area contributed by atoms with Crippen molar-refractivity contribution in [1.29, 1.82) is 0 Å². The molecule has 5 nitrogen and oxygen atoms in total. The van der Waals surface area contributed by atoms with Crippen LogP contribution in [0.2, 0.25) is 5.02 Å². The van der Waals surface area contributed by atoms with Crippen LogP contribution in [0.1, 0.15) is 17.3 Å². The lowest BCUT2D eigenvalue weighted by Crippen LogP contribution is -2.48. The fourth-order valence-corrected chi connectivity index (χ4v) is 3.47. The number of nitrogens with one attached hydrogen (secondary N) is 1. The van der Waals surface area contributed by atoms with Crippen LogP contribution >= 0.6 is 27.5 Å². The van der Waals surface area contributed by atoms with Gasteiger partial charge in [-0.25, -0.2) is 0 Å². The molecule has 136 valence electrons. The second-order valence-electron chi connectivity index (χ2n) is 6.12. The summed E-state index contributed by atoms with van der Waals surface area (Å²) in [7, 11) is 0. The van der Waals surface area contributed by atoms with Crippen molar-refractivity contribution in [3.8, 4) is 0 Å². The van der Waals surface area contributed by atoms with Crippen LogP contribution in [0.15, 0.2) is 46.9 Å². The lowest BCUT2D eigenvalue weighted by molar-refractivity contribution is -0.129. The maximum Gasteiger partial charge on any atom is 0.257 e. The number of carbonyl (C=O) groups excluding carboxylic acids is 2. The van der Waals surface area contributed by atoms with E-state index in [0.29, 0.717) is 16.3 Å². The van der Waals surface area contributed by atoms with Gasteiger partial charge in [0.15, 0.2) is 0 Å². The molecule has 2 amide bonds. The number of halogens is 2. The summed E-state index contributed by atoms with van der Waals surface area (Å²) in [4.78, 5) is 27.9. The Balaban J connectivity index is 1.64. The van der Waals surface area contributed by atoms with Gasteiger partial charge in [0.2, 0.25) is 5.91 Å². The molecule has 1 aliphatic heterocycles. The first kappa shape index (κ1) is 18.7. The molecule has 1 heterocycles. The van der Waals surface area contributed by atoms with Crippen LogP contribution in [0, 0.1) is 0 Å². The molecular weight excluding hydrogens is 418 g/mol. The van der Waals surface area contributed by atoms with Crippen molar-refractivity contribution in [2.45, 2.75) is 6.92 Å². The monoisotopic (exact) mass is 435 g/mol. The number of rotatable bonds is 3. The molecule has 0 aliphatic carbocycles. The quantitative estimate of drug-likeness (QED) is 0.790. The van der Waals surface area contributed by atoms with Crippen molar-refractivity contribution < 1.29 is 9.59 Å². The van der Waals surface area contributed by atoms with Crippen LogP contribution in [-0.2, 0) is 4.79 Å². The highest BCUT2D eigenvalue weighted by Gasteiger charge is 2.19. The highest BCUT2D eigenvalue weighted by atomic mass is 79.9. The molecule has 1 fully saturated rings. The Morgan fingerprint density at radius 3 is 2.31 bits per heavy atom. The minimum atomic E-state index is -0.251. The molecule has 2 aromatic rings. The van der Waals surface area contributed by atoms with Gasteiger partial charge in [-0.3, -0.25) is 9.59 Å². The van der Waals surface area contributed by atoms with Crippen molar-refractivity contribution in [3.63, 3.8) is 0 Å². The predicted octanol–water partition coefficient (Wildman–Crippen LogP) is 4.02. The topological polar surface area (TPSA) is 52.7 Å². The lowest BCUT2D eigenvalue weighted by atomic mass is 10.2. The van der Waals surface area contributed by atoms with E-state index in [9.17, 15) is 9.59 Å². The summed E-state index contributed by atoms with van der Waals surface area (Å²) < 4.78 is 0.798. The van der Waals surface area contributed by atoms with Gasteiger partial charge >= 0.3 is 0 Å². The van der Waals surface area contributed by atoms with Crippen LogP contribution < -0.4 is 10.2 Å². The van der Waals surface area contributed by atoms with Crippen LogP contribution in [0.3, 0.4) is 0 Å². The van der Waals surface area contributed by atoms with Crippen LogP contribution in [0.4, 0.5) is 11.4 Å². The van der Waals surface area contributed by atoms with Gasteiger partial charge in [-0.05, 0) is 42.5 Å². The number of hydrogen-bond acceptors (Lipinski definition) is 3. The van der Waals surface area contributed by atoms with Gasteiger partial charge in [0, 0.05) is 49.0 Å². The van der Waals surface area contributed by atoms with E-state index >= 15 is 0 Å². The number of benzene rings is 2. The summed E-state index contributed by atoms with van der Waals surface area (Å²) in [6.07, 6.45) is 0. The van der Waals surface area contributed by atoms with E-state index in [1.165, 1.54) is 0 Å². The van der Waals surface area contributed by atoms with Gasteiger partial charge < -0.3 is 15.1 Å². The number of anilines is 2. The summed E-state index contributed by atoms with van der Waals surface area (Å²) >= 11 is 9.45. The molecule has 3 rings (SSSR count). The van der Waals surface area contributed by atoms with Crippen molar-refractivity contribution >= 4 is 50.7 Å². The Kier molecular flexibility index (Phi) is 5.84. The molecule has 0 saturated carbocycles. The molecule has 0 unspecified atom stereocenters. The smallest absolute Gasteiger partial charge is 0.257 e. The molecule has 7 heteroatoms. The van der Waals surface area contributed by atoms with Crippen molar-refractivity contribution in [2.75, 3.05) is 36.4 Å². The zero-order valence-corrected chi connectivity index (χ0v) is 16.7. The normalized spacial score (nSPS) is 14.3. The van der Waals surface area contributed by atoms with E-state index in [4.69, 9.17) is 11.6 Å². The summed E-state index contributed by atoms with van der Waals surface area (Å²) in [5, 5.41) is 3.27. The Hall–Kier alpha value is -2.05. The second-order valence-corrected chi connectivity index (χ2v) is 7.44. The first-order valence-electron chi connectivity index (χ1n) is 8.31. The van der Waals surface area contributed by atoms with Gasteiger partial charge in [0.05, 0.1) is 10.6 Å². The molecule has 2 aromatic carbocycles. The van der Waals surface area contributed by atoms with Crippen molar-refractivity contribution in [2.24, 2.45) is 0 Å². The molecule has 26 heavy (non-hydrogen) atoms. The average Bonchev–Trinajstić information content (AvgIpc) is 2.64. The summed E-state index contributed by atoms with van der Waals surface area (Å²) in [5.41, 5.74) is 2.20. The highest BCUT2D eigenvalue weighted by molar-refractivity contribution is 9.10. The SMILES string of the molecule is CC(=O)N1CCN(c2ccc(NC(=O)c3cc(Br)ccc3Cl)cc2)CC1. The van der Waals surface area contributed by atoms with E-state index in [-0.39, 0.29) is 11.8 Å². The maximum absolute atomic E-state index is 12.4. The molecule has 0 atom stereocenters. The number of hydrogen-bond donors (Lipinski definition) is 1. The number of carbonyl (C=O) groups is 2. The van der Waals surface area contributed by atoms with Gasteiger partial charge in [0.1, 0.15) is 0 Å². The molecule has 1 N–H and O–H groups in total. The minimum Gasteiger partial charge on any atom is -0.368 e. The van der Waals surface area contributed by atoms with E-state index in [0.717, 1.165) is 36.3 Å². The third-order valence-electron chi connectivity index (χ3n) is 4.39. The minimum absolute atomic E-state index is 0.119. The Morgan fingerprint density at radius 2 is 1.69 bits per heavy atom. The third kappa shape index (κ3) is 4.37. The maximum atomic E-state index is 12.4. The van der Waals surface area contributed by atoms with Gasteiger partial charge in [-0.2, -0.15) is 0 Å². The fraction of sp³-hybridized carbons (Fsp3) is 0.263. The highest BCUT2D eigenvalue weighted by Crippen LogP contribution is 2.23. The molecule has 1 saturated heterocycles.